The summed E-state index contributed by atoms with van der Waals surface area (Å²) in [7, 11) is 0. The molecule has 2 aromatic rings. The van der Waals surface area contributed by atoms with E-state index < -0.39 is 5.54 Å². The Hall–Kier alpha value is -2.27. The van der Waals surface area contributed by atoms with Crippen LogP contribution in [0, 0.1) is 5.92 Å². The molecule has 0 aliphatic carbocycles. The van der Waals surface area contributed by atoms with E-state index in [1.165, 1.54) is 6.26 Å². The number of nitrogens with two attached hydrogens (primary N) is 1. The zero-order chi connectivity index (χ0) is 17.7. The number of rotatable bonds is 7. The van der Waals surface area contributed by atoms with Crippen molar-refractivity contribution in [2.45, 2.75) is 39.8 Å². The maximum absolute atomic E-state index is 12.4. The molecule has 1 heterocycles. The molecule has 0 spiro atoms. The van der Waals surface area contributed by atoms with E-state index in [1.54, 1.807) is 6.07 Å². The minimum atomic E-state index is -0.520. The summed E-state index contributed by atoms with van der Waals surface area (Å²) in [5, 5.41) is 3.02. The Morgan fingerprint density at radius 3 is 2.50 bits per heavy atom. The van der Waals surface area contributed by atoms with Crippen molar-refractivity contribution in [2.75, 3.05) is 6.61 Å². The van der Waals surface area contributed by atoms with Gasteiger partial charge in [-0.05, 0) is 43.5 Å². The van der Waals surface area contributed by atoms with Gasteiger partial charge in [0.15, 0.2) is 0 Å². The molecule has 0 unspecified atom stereocenters. The lowest BCUT2D eigenvalue weighted by atomic mass is 9.94. The molecule has 1 amide bonds. The van der Waals surface area contributed by atoms with Crippen molar-refractivity contribution in [1.82, 2.24) is 5.32 Å². The molecule has 0 saturated carbocycles. The molecule has 0 saturated heterocycles. The summed E-state index contributed by atoms with van der Waals surface area (Å²) < 4.78 is 10.9. The number of hydrogen-bond donors (Lipinski definition) is 2. The maximum atomic E-state index is 12.4. The Balaban J connectivity index is 2.04. The molecule has 130 valence electrons. The second-order valence-corrected chi connectivity index (χ2v) is 6.81. The van der Waals surface area contributed by atoms with E-state index in [4.69, 9.17) is 14.9 Å². The van der Waals surface area contributed by atoms with Gasteiger partial charge in [0.25, 0.3) is 5.91 Å². The molecule has 0 fully saturated rings. The Morgan fingerprint density at radius 2 is 1.96 bits per heavy atom. The number of carbonyl (C=O) groups excluding carboxylic acids is 1. The van der Waals surface area contributed by atoms with Gasteiger partial charge in [0.1, 0.15) is 17.8 Å². The van der Waals surface area contributed by atoms with Gasteiger partial charge < -0.3 is 20.2 Å². The Morgan fingerprint density at radius 1 is 1.29 bits per heavy atom. The Labute approximate surface area is 143 Å². The normalized spacial score (nSPS) is 11.6. The molecule has 0 radical (unpaired) electrons. The van der Waals surface area contributed by atoms with E-state index in [0.29, 0.717) is 23.8 Å². The largest absolute Gasteiger partial charge is 0.493 e. The highest BCUT2D eigenvalue weighted by Gasteiger charge is 2.24. The van der Waals surface area contributed by atoms with E-state index in [9.17, 15) is 4.79 Å². The van der Waals surface area contributed by atoms with Crippen molar-refractivity contribution in [3.63, 3.8) is 0 Å². The van der Waals surface area contributed by atoms with Crippen molar-refractivity contribution in [3.05, 3.63) is 53.5 Å². The molecule has 3 N–H and O–H groups in total. The highest BCUT2D eigenvalue weighted by atomic mass is 16.5. The predicted octanol–water partition coefficient (Wildman–Crippen LogP) is 3.44. The molecule has 2 rings (SSSR count). The van der Waals surface area contributed by atoms with Gasteiger partial charge in [-0.2, -0.15) is 0 Å². The molecule has 24 heavy (non-hydrogen) atoms. The van der Waals surface area contributed by atoms with Gasteiger partial charge in [-0.25, -0.2) is 0 Å². The molecule has 5 heteroatoms. The van der Waals surface area contributed by atoms with Crippen LogP contribution in [-0.2, 0) is 12.1 Å². The lowest BCUT2D eigenvalue weighted by Gasteiger charge is -2.27. The van der Waals surface area contributed by atoms with E-state index >= 15 is 0 Å². The van der Waals surface area contributed by atoms with Crippen molar-refractivity contribution in [1.29, 1.82) is 0 Å². The number of hydrogen-bond acceptors (Lipinski definition) is 4. The fourth-order valence-corrected chi connectivity index (χ4v) is 2.27. The summed E-state index contributed by atoms with van der Waals surface area (Å²) in [6.07, 6.45) is 1.43. The molecular formula is C19H26N2O3. The zero-order valence-electron chi connectivity index (χ0n) is 14.8. The van der Waals surface area contributed by atoms with Gasteiger partial charge >= 0.3 is 0 Å². The van der Waals surface area contributed by atoms with Gasteiger partial charge in [-0.3, -0.25) is 4.79 Å². The fourth-order valence-electron chi connectivity index (χ4n) is 2.27. The summed E-state index contributed by atoms with van der Waals surface area (Å²) in [5.41, 5.74) is 6.45. The topological polar surface area (TPSA) is 77.5 Å². The van der Waals surface area contributed by atoms with Crippen molar-refractivity contribution >= 4 is 5.91 Å². The first-order valence-corrected chi connectivity index (χ1v) is 8.15. The van der Waals surface area contributed by atoms with E-state index in [1.807, 2.05) is 38.1 Å². The zero-order valence-corrected chi connectivity index (χ0v) is 14.8. The molecule has 0 aliphatic rings. The first kappa shape index (κ1) is 18.1. The number of furan rings is 1. The van der Waals surface area contributed by atoms with Crippen LogP contribution in [0.25, 0.3) is 0 Å². The number of benzene rings is 1. The molecular weight excluding hydrogens is 304 g/mol. The predicted molar refractivity (Wildman–Crippen MR) is 93.9 cm³/mol. The lowest BCUT2D eigenvalue weighted by Crippen LogP contribution is -2.40. The first-order valence-electron chi connectivity index (χ1n) is 8.15. The Bertz CT molecular complexity index is 672. The van der Waals surface area contributed by atoms with E-state index in [0.717, 1.165) is 11.3 Å². The van der Waals surface area contributed by atoms with Gasteiger partial charge in [-0.1, -0.05) is 26.0 Å². The molecule has 0 bridgehead atoms. The van der Waals surface area contributed by atoms with E-state index in [2.05, 4.69) is 19.2 Å². The molecule has 5 nitrogen and oxygen atoms in total. The van der Waals surface area contributed by atoms with Gasteiger partial charge in [-0.15, -0.1) is 0 Å². The van der Waals surface area contributed by atoms with Crippen LogP contribution >= 0.6 is 0 Å². The minimum Gasteiger partial charge on any atom is -0.493 e. The van der Waals surface area contributed by atoms with Crippen LogP contribution in [0.1, 0.15) is 49.4 Å². The van der Waals surface area contributed by atoms with Crippen LogP contribution in [0.3, 0.4) is 0 Å². The minimum absolute atomic E-state index is 0.191. The highest BCUT2D eigenvalue weighted by Crippen LogP contribution is 2.24. The van der Waals surface area contributed by atoms with Crippen LogP contribution in [0.15, 0.2) is 41.0 Å². The van der Waals surface area contributed by atoms with E-state index in [-0.39, 0.29) is 12.5 Å². The van der Waals surface area contributed by atoms with Crippen LogP contribution in [-0.4, -0.2) is 12.5 Å². The number of ether oxygens (including phenoxy) is 1. The second kappa shape index (κ2) is 7.53. The van der Waals surface area contributed by atoms with Crippen molar-refractivity contribution < 1.29 is 13.9 Å². The van der Waals surface area contributed by atoms with Crippen LogP contribution in [0.2, 0.25) is 0 Å². The molecule has 1 aromatic carbocycles. The van der Waals surface area contributed by atoms with Crippen LogP contribution in [0.5, 0.6) is 5.75 Å². The quantitative estimate of drug-likeness (QED) is 0.815. The maximum Gasteiger partial charge on any atom is 0.255 e. The fraction of sp³-hybridized carbons (Fsp3) is 0.421. The van der Waals surface area contributed by atoms with Crippen LogP contribution < -0.4 is 15.8 Å². The van der Waals surface area contributed by atoms with Gasteiger partial charge in [0.05, 0.1) is 24.3 Å². The van der Waals surface area contributed by atoms with Gasteiger partial charge in [0, 0.05) is 0 Å². The van der Waals surface area contributed by atoms with Crippen molar-refractivity contribution in [3.8, 4) is 5.75 Å². The monoisotopic (exact) mass is 330 g/mol. The summed E-state index contributed by atoms with van der Waals surface area (Å²) in [5.74, 6) is 1.71. The highest BCUT2D eigenvalue weighted by molar-refractivity contribution is 5.94. The smallest absolute Gasteiger partial charge is 0.255 e. The third-order valence-electron chi connectivity index (χ3n) is 3.70. The number of carbonyl (C=O) groups is 1. The molecule has 0 aliphatic heterocycles. The first-order chi connectivity index (χ1) is 11.3. The summed E-state index contributed by atoms with van der Waals surface area (Å²) in [4.78, 5) is 12.4. The Kier molecular flexibility index (Phi) is 5.67. The van der Waals surface area contributed by atoms with Crippen molar-refractivity contribution in [2.24, 2.45) is 11.7 Å². The average molecular weight is 330 g/mol. The second-order valence-electron chi connectivity index (χ2n) is 6.81. The summed E-state index contributed by atoms with van der Waals surface area (Å²) in [6, 6.07) is 9.45. The molecule has 0 atom stereocenters. The van der Waals surface area contributed by atoms with Gasteiger partial charge in [0.2, 0.25) is 0 Å². The lowest BCUT2D eigenvalue weighted by molar-refractivity contribution is 0.0911. The number of amides is 1. The average Bonchev–Trinajstić information content (AvgIpc) is 3.02. The standard InChI is InChI=1S/C19H26N2O3/c1-13(2)11-23-16-7-5-15(6-8-16)19(3,4)21-18(22)14-9-17(10-20)24-12-14/h5-9,12-13H,10-11,20H2,1-4H3,(H,21,22). The third-order valence-corrected chi connectivity index (χ3v) is 3.70. The summed E-state index contributed by atoms with van der Waals surface area (Å²) >= 11 is 0. The number of nitrogens with one attached hydrogen (secondary N) is 1. The third kappa shape index (κ3) is 4.61. The SMILES string of the molecule is CC(C)COc1ccc(C(C)(C)NC(=O)c2coc(CN)c2)cc1. The van der Waals surface area contributed by atoms with Crippen LogP contribution in [0.4, 0.5) is 0 Å². The molecule has 1 aromatic heterocycles. The summed E-state index contributed by atoms with van der Waals surface area (Å²) in [6.45, 7) is 9.09.